The highest BCUT2D eigenvalue weighted by Gasteiger charge is 2.26. The van der Waals surface area contributed by atoms with Crippen LogP contribution in [0, 0.1) is 5.82 Å². The first kappa shape index (κ1) is 20.1. The lowest BCUT2D eigenvalue weighted by atomic mass is 10.2. The zero-order valence-electron chi connectivity index (χ0n) is 16.1. The first-order valence-electron chi connectivity index (χ1n) is 9.22. The molecule has 0 saturated carbocycles. The zero-order chi connectivity index (χ0) is 20.2. The number of benzene rings is 2. The maximum absolute atomic E-state index is 13.7. The number of rotatable bonds is 7. The number of hydrogen-bond acceptors (Lipinski definition) is 8. The van der Waals surface area contributed by atoms with Crippen molar-refractivity contribution in [2.75, 3.05) is 36.6 Å². The van der Waals surface area contributed by atoms with Gasteiger partial charge in [0.15, 0.2) is 4.34 Å². The molecule has 2 heterocycles. The van der Waals surface area contributed by atoms with Crippen molar-refractivity contribution in [3.8, 4) is 0 Å². The monoisotopic (exact) mass is 431 g/mol. The quantitative estimate of drug-likeness (QED) is 0.542. The molecule has 1 saturated heterocycles. The standard InChI is InChI=1S/C20H22FN5OS2/c1-26(2)14-9-7-13(8-10-14)18-22-11-15(27-18)12-28-20-25-24-19(29-20)23-17-6-4-3-5-16(17)21/h3-10,15,18,22H,11-12H2,1-2H3,(H,23,24)/t15-,18-/m0/s1. The SMILES string of the molecule is CN(C)c1ccc([C@H]2NC[C@@H](CSc3nnc(Nc4ccccc4F)s3)O2)cc1. The molecular weight excluding hydrogens is 409 g/mol. The summed E-state index contributed by atoms with van der Waals surface area (Å²) in [5, 5.41) is 15.2. The molecule has 0 radical (unpaired) electrons. The average Bonchev–Trinajstić information content (AvgIpc) is 3.38. The molecule has 9 heteroatoms. The number of nitrogens with one attached hydrogen (secondary N) is 2. The Morgan fingerprint density at radius 3 is 2.76 bits per heavy atom. The van der Waals surface area contributed by atoms with E-state index in [0.29, 0.717) is 10.8 Å². The lowest BCUT2D eigenvalue weighted by Crippen LogP contribution is -2.16. The van der Waals surface area contributed by atoms with Gasteiger partial charge in [0.2, 0.25) is 5.13 Å². The molecule has 2 aromatic carbocycles. The molecule has 29 heavy (non-hydrogen) atoms. The molecule has 0 unspecified atom stereocenters. The van der Waals surface area contributed by atoms with Crippen molar-refractivity contribution in [1.82, 2.24) is 15.5 Å². The minimum atomic E-state index is -0.313. The van der Waals surface area contributed by atoms with Crippen LogP contribution in [0.25, 0.3) is 0 Å². The molecule has 2 N–H and O–H groups in total. The largest absolute Gasteiger partial charge is 0.378 e. The van der Waals surface area contributed by atoms with Crippen LogP contribution >= 0.6 is 23.1 Å². The third-order valence-electron chi connectivity index (χ3n) is 4.49. The van der Waals surface area contributed by atoms with E-state index >= 15 is 0 Å². The minimum Gasteiger partial charge on any atom is -0.378 e. The Bertz CT molecular complexity index is 950. The zero-order valence-corrected chi connectivity index (χ0v) is 17.8. The topological polar surface area (TPSA) is 62.3 Å². The maximum atomic E-state index is 13.7. The summed E-state index contributed by atoms with van der Waals surface area (Å²) in [6.45, 7) is 0.784. The van der Waals surface area contributed by atoms with Crippen LogP contribution in [0.2, 0.25) is 0 Å². The number of thioether (sulfide) groups is 1. The number of ether oxygens (including phenoxy) is 1. The Hall–Kier alpha value is -2.20. The number of halogens is 1. The van der Waals surface area contributed by atoms with Gasteiger partial charge in [-0.25, -0.2) is 4.39 Å². The van der Waals surface area contributed by atoms with Gasteiger partial charge in [0, 0.05) is 32.1 Å². The van der Waals surface area contributed by atoms with Crippen molar-refractivity contribution in [3.05, 3.63) is 59.9 Å². The van der Waals surface area contributed by atoms with Gasteiger partial charge in [-0.05, 0) is 29.8 Å². The van der Waals surface area contributed by atoms with Gasteiger partial charge in [-0.1, -0.05) is 47.4 Å². The van der Waals surface area contributed by atoms with Crippen LogP contribution in [0.5, 0.6) is 0 Å². The van der Waals surface area contributed by atoms with Crippen molar-refractivity contribution in [3.63, 3.8) is 0 Å². The normalized spacial score (nSPS) is 18.7. The average molecular weight is 432 g/mol. The Balaban J connectivity index is 1.28. The van der Waals surface area contributed by atoms with Gasteiger partial charge in [-0.15, -0.1) is 10.2 Å². The van der Waals surface area contributed by atoms with Crippen LogP contribution in [0.1, 0.15) is 11.8 Å². The highest BCUT2D eigenvalue weighted by atomic mass is 32.2. The summed E-state index contributed by atoms with van der Waals surface area (Å²) in [6.07, 6.45) is -0.00471. The highest BCUT2D eigenvalue weighted by molar-refractivity contribution is 8.01. The second-order valence-corrected chi connectivity index (χ2v) is 9.07. The van der Waals surface area contributed by atoms with Gasteiger partial charge < -0.3 is 15.0 Å². The number of hydrogen-bond donors (Lipinski definition) is 2. The van der Waals surface area contributed by atoms with Gasteiger partial charge in [0.1, 0.15) is 12.0 Å². The van der Waals surface area contributed by atoms with E-state index in [1.807, 2.05) is 14.1 Å². The van der Waals surface area contributed by atoms with E-state index in [2.05, 4.69) is 50.0 Å². The van der Waals surface area contributed by atoms with Crippen molar-refractivity contribution in [2.24, 2.45) is 0 Å². The Labute approximate surface area is 177 Å². The molecule has 0 spiro atoms. The summed E-state index contributed by atoms with van der Waals surface area (Å²) < 4.78 is 20.7. The van der Waals surface area contributed by atoms with Crippen molar-refractivity contribution < 1.29 is 9.13 Å². The van der Waals surface area contributed by atoms with Gasteiger partial charge in [-0.3, -0.25) is 5.32 Å². The molecule has 1 aliphatic rings. The van der Waals surface area contributed by atoms with E-state index in [-0.39, 0.29) is 18.1 Å². The third kappa shape index (κ3) is 5.05. The molecule has 0 aliphatic carbocycles. The Morgan fingerprint density at radius 1 is 1.21 bits per heavy atom. The van der Waals surface area contributed by atoms with E-state index in [0.717, 1.165) is 27.9 Å². The molecule has 3 aromatic rings. The molecule has 1 fully saturated rings. The van der Waals surface area contributed by atoms with Crippen molar-refractivity contribution >= 4 is 39.6 Å². The second kappa shape index (κ2) is 9.08. The summed E-state index contributed by atoms with van der Waals surface area (Å²) in [4.78, 5) is 2.07. The van der Waals surface area contributed by atoms with Gasteiger partial charge >= 0.3 is 0 Å². The molecule has 6 nitrogen and oxygen atoms in total. The van der Waals surface area contributed by atoms with Crippen LogP contribution in [-0.4, -0.2) is 42.7 Å². The first-order valence-corrected chi connectivity index (χ1v) is 11.0. The fraction of sp³-hybridized carbons (Fsp3) is 0.300. The maximum Gasteiger partial charge on any atom is 0.210 e. The second-order valence-electron chi connectivity index (χ2n) is 6.82. The van der Waals surface area contributed by atoms with E-state index in [1.54, 1.807) is 30.0 Å². The summed E-state index contributed by atoms with van der Waals surface area (Å²) in [5.74, 6) is 0.458. The molecule has 2 atom stereocenters. The third-order valence-corrected chi connectivity index (χ3v) is 6.59. The van der Waals surface area contributed by atoms with Crippen LogP contribution in [-0.2, 0) is 4.74 Å². The predicted molar refractivity (Wildman–Crippen MR) is 117 cm³/mol. The summed E-state index contributed by atoms with van der Waals surface area (Å²) in [5.41, 5.74) is 2.68. The Kier molecular flexibility index (Phi) is 6.29. The van der Waals surface area contributed by atoms with Crippen LogP contribution in [0.15, 0.2) is 52.9 Å². The smallest absolute Gasteiger partial charge is 0.210 e. The number of anilines is 3. The van der Waals surface area contributed by atoms with Crippen molar-refractivity contribution in [2.45, 2.75) is 16.7 Å². The summed E-state index contributed by atoms with van der Waals surface area (Å²) in [6, 6.07) is 14.9. The van der Waals surface area contributed by atoms with Crippen LogP contribution < -0.4 is 15.5 Å². The van der Waals surface area contributed by atoms with Crippen LogP contribution in [0.4, 0.5) is 20.9 Å². The van der Waals surface area contributed by atoms with E-state index in [4.69, 9.17) is 4.74 Å². The lowest BCUT2D eigenvalue weighted by molar-refractivity contribution is 0.0535. The number of nitrogens with zero attached hydrogens (tertiary/aromatic N) is 3. The molecule has 152 valence electrons. The molecular formula is C20H22FN5OS2. The fourth-order valence-corrected chi connectivity index (χ4v) is 4.72. The summed E-state index contributed by atoms with van der Waals surface area (Å²) in [7, 11) is 4.05. The molecule has 0 amide bonds. The van der Waals surface area contributed by atoms with Gasteiger partial charge in [0.25, 0.3) is 0 Å². The molecule has 1 aromatic heterocycles. The summed E-state index contributed by atoms with van der Waals surface area (Å²) >= 11 is 3.00. The van der Waals surface area contributed by atoms with Gasteiger partial charge in [-0.2, -0.15) is 0 Å². The van der Waals surface area contributed by atoms with Gasteiger partial charge in [0.05, 0.1) is 11.8 Å². The van der Waals surface area contributed by atoms with E-state index in [9.17, 15) is 4.39 Å². The van der Waals surface area contributed by atoms with E-state index < -0.39 is 0 Å². The van der Waals surface area contributed by atoms with Crippen LogP contribution in [0.3, 0.4) is 0 Å². The molecule has 4 rings (SSSR count). The fourth-order valence-electron chi connectivity index (χ4n) is 2.93. The van der Waals surface area contributed by atoms with Crippen molar-refractivity contribution in [1.29, 1.82) is 0 Å². The number of aromatic nitrogens is 2. The predicted octanol–water partition coefficient (Wildman–Crippen LogP) is 4.27. The highest BCUT2D eigenvalue weighted by Crippen LogP contribution is 2.31. The minimum absolute atomic E-state index is 0.0883. The lowest BCUT2D eigenvalue weighted by Gasteiger charge is -2.16. The van der Waals surface area contributed by atoms with E-state index in [1.165, 1.54) is 17.4 Å². The molecule has 1 aliphatic heterocycles. The first-order chi connectivity index (χ1) is 14.1. The Morgan fingerprint density at radius 2 is 2.00 bits per heavy atom. The molecule has 0 bridgehead atoms. The number of para-hydroxylation sites is 1.